The van der Waals surface area contributed by atoms with Gasteiger partial charge in [-0.15, -0.1) is 23.5 Å². The van der Waals surface area contributed by atoms with E-state index in [1.54, 1.807) is 13.0 Å². The normalized spacial score (nSPS) is 23.6. The van der Waals surface area contributed by atoms with Crippen molar-refractivity contribution < 1.29 is 19.1 Å². The van der Waals surface area contributed by atoms with Crippen LogP contribution in [0.5, 0.6) is 0 Å². The van der Waals surface area contributed by atoms with Gasteiger partial charge >= 0.3 is 11.6 Å². The van der Waals surface area contributed by atoms with E-state index in [1.807, 2.05) is 0 Å². The lowest BCUT2D eigenvalue weighted by Gasteiger charge is -2.48. The highest BCUT2D eigenvalue weighted by Gasteiger charge is 2.51. The van der Waals surface area contributed by atoms with Crippen molar-refractivity contribution in [1.29, 1.82) is 0 Å². The molecule has 0 aliphatic carbocycles. The largest absolute Gasteiger partial charge is 0.477 e. The number of carboxylic acids is 1. The van der Waals surface area contributed by atoms with Crippen molar-refractivity contribution in [3.05, 3.63) is 39.6 Å². The van der Waals surface area contributed by atoms with Gasteiger partial charge in [-0.05, 0) is 18.6 Å². The number of amides is 1. The lowest BCUT2D eigenvalue weighted by molar-refractivity contribution is -0.147. The van der Waals surface area contributed by atoms with Crippen LogP contribution in [0.25, 0.3) is 0 Å². The van der Waals surface area contributed by atoms with Crippen LogP contribution in [0.1, 0.15) is 5.76 Å². The van der Waals surface area contributed by atoms with Gasteiger partial charge < -0.3 is 15.3 Å². The minimum atomic E-state index is -1.13. The van der Waals surface area contributed by atoms with E-state index in [2.05, 4.69) is 0 Å². The molecule has 1 fully saturated rings. The molecule has 2 atom stereocenters. The van der Waals surface area contributed by atoms with E-state index in [-0.39, 0.29) is 17.0 Å². The Labute approximate surface area is 139 Å². The Balaban J connectivity index is 1.84. The third-order valence-electron chi connectivity index (χ3n) is 3.57. The number of β-lactam (4-membered cyclic amide) rings is 1. The van der Waals surface area contributed by atoms with E-state index >= 15 is 0 Å². The van der Waals surface area contributed by atoms with E-state index in [0.29, 0.717) is 27.7 Å². The van der Waals surface area contributed by atoms with E-state index in [9.17, 15) is 19.5 Å². The molecule has 2 aliphatic heterocycles. The Hall–Kier alpha value is -1.71. The molecule has 3 rings (SSSR count). The summed E-state index contributed by atoms with van der Waals surface area (Å²) in [5.41, 5.74) is 5.93. The molecule has 0 bridgehead atoms. The molecule has 0 radical (unpaired) electrons. The molecule has 0 unspecified atom stereocenters. The minimum Gasteiger partial charge on any atom is -0.477 e. The first-order valence-electron chi connectivity index (χ1n) is 6.78. The first kappa shape index (κ1) is 16.2. The zero-order chi connectivity index (χ0) is 16.7. The molecule has 23 heavy (non-hydrogen) atoms. The maximum absolute atomic E-state index is 11.8. The number of fused-ring (bicyclic) bond motifs is 1. The zero-order valence-electron chi connectivity index (χ0n) is 12.1. The molecule has 122 valence electrons. The van der Waals surface area contributed by atoms with E-state index in [1.165, 1.54) is 34.5 Å². The van der Waals surface area contributed by atoms with Crippen LogP contribution in [-0.4, -0.2) is 44.8 Å². The van der Waals surface area contributed by atoms with Crippen LogP contribution >= 0.6 is 23.5 Å². The Morgan fingerprint density at radius 2 is 2.26 bits per heavy atom. The number of nitrogens with two attached hydrogens (primary N) is 1. The summed E-state index contributed by atoms with van der Waals surface area (Å²) in [5, 5.41) is 9.15. The molecule has 1 saturated heterocycles. The molecule has 0 saturated carbocycles. The van der Waals surface area contributed by atoms with Gasteiger partial charge in [0.1, 0.15) is 22.9 Å². The maximum Gasteiger partial charge on any atom is 0.352 e. The maximum atomic E-state index is 11.8. The van der Waals surface area contributed by atoms with Crippen molar-refractivity contribution in [3.63, 3.8) is 0 Å². The summed E-state index contributed by atoms with van der Waals surface area (Å²) in [6.07, 6.45) is 0. The Morgan fingerprint density at radius 1 is 1.52 bits per heavy atom. The van der Waals surface area contributed by atoms with Crippen LogP contribution in [0, 0.1) is 6.92 Å². The Kier molecular flexibility index (Phi) is 4.26. The SMILES string of the molecule is Cc1cc(SCC2=C(C(=O)O)N3C(=O)[C@@H](N)[C@@H]3SC2)cc(=O)o1. The van der Waals surface area contributed by atoms with Gasteiger partial charge in [0.15, 0.2) is 0 Å². The number of carbonyl (C=O) groups is 2. The molecule has 0 aromatic carbocycles. The predicted molar refractivity (Wildman–Crippen MR) is 86.2 cm³/mol. The number of thioether (sulfide) groups is 2. The fourth-order valence-electron chi connectivity index (χ4n) is 2.52. The monoisotopic (exact) mass is 354 g/mol. The molecular weight excluding hydrogens is 340 g/mol. The topological polar surface area (TPSA) is 114 Å². The molecular formula is C14H14N2O5S2. The molecule has 2 aliphatic rings. The summed E-state index contributed by atoms with van der Waals surface area (Å²) in [7, 11) is 0. The highest BCUT2D eigenvalue weighted by Crippen LogP contribution is 2.40. The van der Waals surface area contributed by atoms with Crippen molar-refractivity contribution in [1.82, 2.24) is 4.90 Å². The average molecular weight is 354 g/mol. The van der Waals surface area contributed by atoms with Crippen LogP contribution in [-0.2, 0) is 9.59 Å². The molecule has 7 nitrogen and oxygen atoms in total. The van der Waals surface area contributed by atoms with E-state index in [0.717, 1.165) is 0 Å². The van der Waals surface area contributed by atoms with E-state index < -0.39 is 17.6 Å². The highest BCUT2D eigenvalue weighted by molar-refractivity contribution is 8.01. The smallest absolute Gasteiger partial charge is 0.352 e. The predicted octanol–water partition coefficient (Wildman–Crippen LogP) is 0.621. The zero-order valence-corrected chi connectivity index (χ0v) is 13.8. The summed E-state index contributed by atoms with van der Waals surface area (Å²) in [6.45, 7) is 1.68. The molecule has 3 N–H and O–H groups in total. The van der Waals surface area contributed by atoms with Crippen molar-refractivity contribution >= 4 is 35.4 Å². The van der Waals surface area contributed by atoms with Crippen LogP contribution in [0.15, 0.2) is 37.5 Å². The third-order valence-corrected chi connectivity index (χ3v) is 5.99. The van der Waals surface area contributed by atoms with Crippen molar-refractivity contribution in [2.24, 2.45) is 5.73 Å². The second kappa shape index (κ2) is 6.06. The first-order valence-corrected chi connectivity index (χ1v) is 8.82. The Bertz CT molecular complexity index is 773. The molecule has 1 amide bonds. The van der Waals surface area contributed by atoms with Crippen molar-refractivity contribution in [2.75, 3.05) is 11.5 Å². The fourth-order valence-corrected chi connectivity index (χ4v) is 4.95. The Morgan fingerprint density at radius 3 is 2.91 bits per heavy atom. The number of aryl methyl sites for hydroxylation is 1. The van der Waals surface area contributed by atoms with E-state index in [4.69, 9.17) is 10.2 Å². The number of rotatable bonds is 4. The molecule has 1 aromatic heterocycles. The molecule has 3 heterocycles. The quantitative estimate of drug-likeness (QED) is 0.597. The summed E-state index contributed by atoms with van der Waals surface area (Å²) in [5.74, 6) is -0.122. The lowest BCUT2D eigenvalue weighted by atomic mass is 10.0. The number of aliphatic carboxylic acids is 1. The second-order valence-electron chi connectivity index (χ2n) is 5.20. The lowest BCUT2D eigenvalue weighted by Crippen LogP contribution is -2.68. The first-order chi connectivity index (χ1) is 10.9. The van der Waals surface area contributed by atoms with Crippen LogP contribution in [0.2, 0.25) is 0 Å². The number of hydrogen-bond acceptors (Lipinski definition) is 7. The molecule has 0 spiro atoms. The van der Waals surface area contributed by atoms with Gasteiger partial charge in [-0.3, -0.25) is 9.69 Å². The number of carboxylic acid groups (broad SMARTS) is 1. The average Bonchev–Trinajstić information content (AvgIpc) is 2.50. The van der Waals surface area contributed by atoms with Gasteiger partial charge in [0.2, 0.25) is 5.91 Å². The fraction of sp³-hybridized carbons (Fsp3) is 0.357. The van der Waals surface area contributed by atoms with Crippen LogP contribution in [0.3, 0.4) is 0 Å². The van der Waals surface area contributed by atoms with Crippen molar-refractivity contribution in [3.8, 4) is 0 Å². The highest BCUT2D eigenvalue weighted by atomic mass is 32.2. The molecule has 9 heteroatoms. The van der Waals surface area contributed by atoms with Gasteiger partial charge in [-0.2, -0.15) is 0 Å². The number of hydrogen-bond donors (Lipinski definition) is 2. The summed E-state index contributed by atoms with van der Waals surface area (Å²) < 4.78 is 4.89. The van der Waals surface area contributed by atoms with Gasteiger partial charge in [0.05, 0.1) is 0 Å². The molecule has 1 aromatic rings. The van der Waals surface area contributed by atoms with Gasteiger partial charge in [-0.25, -0.2) is 9.59 Å². The van der Waals surface area contributed by atoms with Gasteiger partial charge in [-0.1, -0.05) is 0 Å². The summed E-state index contributed by atoms with van der Waals surface area (Å²) in [4.78, 5) is 36.7. The number of nitrogens with zero attached hydrogens (tertiary/aromatic N) is 1. The standard InChI is InChI=1S/C14H14N2O5S2/c1-6-2-8(3-9(17)21-6)22-4-7-5-23-13-10(15)12(18)16(13)11(7)14(19)20/h2-3,10,13H,4-5,15H2,1H3,(H,19,20)/t10-,13+/m1/s1. The van der Waals surface area contributed by atoms with Crippen LogP contribution in [0.4, 0.5) is 0 Å². The van der Waals surface area contributed by atoms with Crippen molar-refractivity contribution in [2.45, 2.75) is 23.2 Å². The van der Waals surface area contributed by atoms with Gasteiger partial charge in [0, 0.05) is 22.5 Å². The summed E-state index contributed by atoms with van der Waals surface area (Å²) >= 11 is 2.80. The van der Waals surface area contributed by atoms with Gasteiger partial charge in [0.25, 0.3) is 0 Å². The summed E-state index contributed by atoms with van der Waals surface area (Å²) in [6, 6.07) is 2.45. The second-order valence-corrected chi connectivity index (χ2v) is 7.36. The third kappa shape index (κ3) is 2.91. The number of carbonyl (C=O) groups excluding carboxylic acids is 1. The van der Waals surface area contributed by atoms with Crippen LogP contribution < -0.4 is 11.4 Å². The minimum absolute atomic E-state index is 0.0210.